The molecule has 7 nitrogen and oxygen atoms in total. The molecule has 1 heterocycles. The van der Waals surface area contributed by atoms with Crippen molar-refractivity contribution in [3.05, 3.63) is 89.0 Å². The van der Waals surface area contributed by atoms with Gasteiger partial charge in [0, 0.05) is 40.0 Å². The molecule has 1 saturated heterocycles. The average Bonchev–Trinajstić information content (AvgIpc) is 3.56. The smallest absolute Gasteiger partial charge is 0.193 e. The Labute approximate surface area is 280 Å². The van der Waals surface area contributed by atoms with Crippen LogP contribution in [0.2, 0.25) is 0 Å². The number of hydrogen-bond acceptors (Lipinski definition) is 7. The van der Waals surface area contributed by atoms with Crippen LogP contribution in [0.4, 0.5) is 14.5 Å². The number of benzene rings is 2. The maximum atomic E-state index is 17.6. The van der Waals surface area contributed by atoms with Crippen LogP contribution < -0.4 is 5.32 Å². The summed E-state index contributed by atoms with van der Waals surface area (Å²) in [6.45, 7) is 8.84. The van der Waals surface area contributed by atoms with Gasteiger partial charge in [-0.15, -0.1) is 0 Å². The summed E-state index contributed by atoms with van der Waals surface area (Å²) in [6, 6.07) is 16.5. The van der Waals surface area contributed by atoms with E-state index in [1.165, 1.54) is 12.2 Å². The lowest BCUT2D eigenvalue weighted by molar-refractivity contribution is -0.235. The summed E-state index contributed by atoms with van der Waals surface area (Å²) in [4.78, 5) is 26.0. The van der Waals surface area contributed by atoms with Crippen LogP contribution in [0.25, 0.3) is 0 Å². The number of fused-ring (bicyclic) bond motifs is 7. The van der Waals surface area contributed by atoms with Gasteiger partial charge in [-0.1, -0.05) is 56.3 Å². The Morgan fingerprint density at radius 2 is 1.67 bits per heavy atom. The van der Waals surface area contributed by atoms with Gasteiger partial charge in [-0.2, -0.15) is 0 Å². The van der Waals surface area contributed by atoms with Crippen molar-refractivity contribution in [3.63, 3.8) is 0 Å². The minimum atomic E-state index is -2.29. The molecule has 2 aromatic rings. The van der Waals surface area contributed by atoms with E-state index in [-0.39, 0.29) is 30.8 Å². The number of aliphatic hydroxyl groups is 2. The highest BCUT2D eigenvalue weighted by molar-refractivity contribution is 6.01. The van der Waals surface area contributed by atoms with Crippen LogP contribution in [0.1, 0.15) is 82.8 Å². The van der Waals surface area contributed by atoms with Crippen molar-refractivity contribution in [3.8, 4) is 0 Å². The van der Waals surface area contributed by atoms with Crippen LogP contribution in [0.3, 0.4) is 0 Å². The Kier molecular flexibility index (Phi) is 7.90. The van der Waals surface area contributed by atoms with Crippen molar-refractivity contribution in [1.82, 2.24) is 0 Å². The van der Waals surface area contributed by atoms with E-state index in [9.17, 15) is 19.8 Å². The molecule has 9 heteroatoms. The van der Waals surface area contributed by atoms with E-state index in [0.29, 0.717) is 11.6 Å². The van der Waals surface area contributed by atoms with E-state index in [4.69, 9.17) is 9.47 Å². The van der Waals surface area contributed by atoms with Crippen LogP contribution in [-0.2, 0) is 19.1 Å². The predicted molar refractivity (Wildman–Crippen MR) is 177 cm³/mol. The van der Waals surface area contributed by atoms with Crippen LogP contribution in [0, 0.1) is 22.7 Å². The van der Waals surface area contributed by atoms with E-state index in [2.05, 4.69) is 50.4 Å². The molecule has 0 spiro atoms. The Morgan fingerprint density at radius 3 is 2.29 bits per heavy atom. The van der Waals surface area contributed by atoms with Crippen molar-refractivity contribution in [2.75, 3.05) is 11.9 Å². The second kappa shape index (κ2) is 11.4. The molecule has 0 unspecified atom stereocenters. The molecular weight excluding hydrogens is 616 g/mol. The van der Waals surface area contributed by atoms with Gasteiger partial charge in [0.15, 0.2) is 29.1 Å². The molecule has 4 aliphatic carbocycles. The number of carbonyl (C=O) groups is 2. The topological polar surface area (TPSA) is 105 Å². The Hall–Kier alpha value is -3.24. The first-order chi connectivity index (χ1) is 22.7. The highest BCUT2D eigenvalue weighted by Crippen LogP contribution is 2.72. The van der Waals surface area contributed by atoms with Crippen molar-refractivity contribution in [1.29, 1.82) is 0 Å². The van der Waals surface area contributed by atoms with Gasteiger partial charge in [-0.25, -0.2) is 8.78 Å². The zero-order chi connectivity index (χ0) is 34.4. The lowest BCUT2D eigenvalue weighted by Crippen LogP contribution is -2.70. The SMILES string of the molecule is CC(C)Nc1ccc([C@@H](C)c2ccc([C@@H]3O[C@@H]4C[C@H]5[C@@H]6C[C@H](F)C7=CC(=O)C=C[C@]7(C)[C@@]6(F)[C@@H](O)C[C@]5(C)[C@]4(C(=O)CO)O3)cc2)cc1. The average molecular weight is 662 g/mol. The number of Topliss-reactive ketones (excluding diaryl/α,β-unsaturated/α-hetero) is 1. The largest absolute Gasteiger partial charge is 0.390 e. The summed E-state index contributed by atoms with van der Waals surface area (Å²) in [5, 5.41) is 25.4. The first kappa shape index (κ1) is 33.3. The maximum Gasteiger partial charge on any atom is 0.193 e. The second-order valence-electron chi connectivity index (χ2n) is 15.3. The highest BCUT2D eigenvalue weighted by Gasteiger charge is 2.80. The third-order valence-corrected chi connectivity index (χ3v) is 12.5. The quantitative estimate of drug-likeness (QED) is 0.320. The first-order valence-corrected chi connectivity index (χ1v) is 17.1. The third-order valence-electron chi connectivity index (χ3n) is 12.5. The van der Waals surface area contributed by atoms with E-state index in [1.54, 1.807) is 13.8 Å². The fourth-order valence-electron chi connectivity index (χ4n) is 10.1. The van der Waals surface area contributed by atoms with E-state index in [0.717, 1.165) is 22.9 Å². The fraction of sp³-hybridized carbons (Fsp3) is 0.538. The zero-order valence-electron chi connectivity index (χ0n) is 28.1. The third kappa shape index (κ3) is 4.50. The van der Waals surface area contributed by atoms with Crippen molar-refractivity contribution in [2.45, 2.75) is 102 Å². The molecule has 3 N–H and O–H groups in total. The number of carbonyl (C=O) groups excluding carboxylic acids is 2. The van der Waals surface area contributed by atoms with E-state index < -0.39 is 76.8 Å². The van der Waals surface area contributed by atoms with Crippen molar-refractivity contribution in [2.24, 2.45) is 22.7 Å². The molecule has 0 radical (unpaired) electrons. The van der Waals surface area contributed by atoms with Crippen molar-refractivity contribution >= 4 is 17.3 Å². The highest BCUT2D eigenvalue weighted by atomic mass is 19.1. The molecule has 0 aromatic heterocycles. The molecule has 1 aliphatic heterocycles. The zero-order valence-corrected chi connectivity index (χ0v) is 28.1. The minimum Gasteiger partial charge on any atom is -0.390 e. The summed E-state index contributed by atoms with van der Waals surface area (Å²) in [5.74, 6) is -2.47. The molecule has 11 atom stereocenters. The molecule has 0 amide bonds. The number of aliphatic hydroxyl groups excluding tert-OH is 2. The molecule has 3 saturated carbocycles. The lowest BCUT2D eigenvalue weighted by Gasteiger charge is -2.63. The second-order valence-corrected chi connectivity index (χ2v) is 15.3. The minimum absolute atomic E-state index is 0.0428. The molecular formula is C39H45F2NO6. The predicted octanol–water partition coefficient (Wildman–Crippen LogP) is 6.30. The Balaban J connectivity index is 1.17. The summed E-state index contributed by atoms with van der Waals surface area (Å²) in [6.07, 6.45) is -1.37. The number of nitrogens with one attached hydrogen (secondary N) is 1. The number of allylic oxidation sites excluding steroid dienone is 4. The normalized spacial score (nSPS) is 40.5. The van der Waals surface area contributed by atoms with Gasteiger partial charge in [0.05, 0.1) is 12.2 Å². The summed E-state index contributed by atoms with van der Waals surface area (Å²) in [7, 11) is 0. The Bertz CT molecular complexity index is 1670. The number of halogens is 2. The standard InChI is InChI=1S/C39H45F2NO6/c1-21(2)42-26-12-10-24(11-13-26)22(3)23-6-8-25(9-7-23)35-47-34-18-28-29-17-31(40)30-16-27(44)14-15-36(30,4)38(29,41)32(45)19-37(28,5)39(34,48-35)33(46)20-43/h6-16,21-22,28-29,31-32,34-35,42-43,45H,17-20H2,1-5H3/t22-,28-,29-,31-,32-,34+,35+,36-,37-,38-,39+/m0/s1. The van der Waals surface area contributed by atoms with Gasteiger partial charge >= 0.3 is 0 Å². The molecule has 7 rings (SSSR count). The van der Waals surface area contributed by atoms with Crippen molar-refractivity contribution < 1.29 is 38.1 Å². The number of hydrogen-bond donors (Lipinski definition) is 3. The number of ketones is 2. The van der Waals surface area contributed by atoms with Gasteiger partial charge in [0.1, 0.15) is 12.8 Å². The monoisotopic (exact) mass is 661 g/mol. The maximum absolute atomic E-state index is 17.6. The first-order valence-electron chi connectivity index (χ1n) is 17.1. The fourth-order valence-corrected chi connectivity index (χ4v) is 10.1. The van der Waals surface area contributed by atoms with Crippen LogP contribution in [0.15, 0.2) is 72.3 Å². The Morgan fingerprint density at radius 1 is 1.02 bits per heavy atom. The van der Waals surface area contributed by atoms with Gasteiger partial charge in [0.2, 0.25) is 0 Å². The molecule has 2 aromatic carbocycles. The number of ether oxygens (including phenoxy) is 2. The van der Waals surface area contributed by atoms with E-state index >= 15 is 8.78 Å². The van der Waals surface area contributed by atoms with Crippen LogP contribution >= 0.6 is 0 Å². The van der Waals surface area contributed by atoms with Gasteiger partial charge in [0.25, 0.3) is 0 Å². The number of alkyl halides is 2. The van der Waals surface area contributed by atoms with Crippen LogP contribution in [0.5, 0.6) is 0 Å². The van der Waals surface area contributed by atoms with Gasteiger partial charge in [-0.05, 0) is 86.9 Å². The summed E-state index contributed by atoms with van der Waals surface area (Å²) in [5.41, 5.74) is -2.61. The lowest BCUT2D eigenvalue weighted by atomic mass is 9.44. The molecule has 256 valence electrons. The van der Waals surface area contributed by atoms with Gasteiger partial charge in [-0.3, -0.25) is 9.59 Å². The molecule has 48 heavy (non-hydrogen) atoms. The summed E-state index contributed by atoms with van der Waals surface area (Å²) >= 11 is 0. The number of rotatable bonds is 7. The van der Waals surface area contributed by atoms with Crippen LogP contribution in [-0.4, -0.2) is 64.1 Å². The van der Waals surface area contributed by atoms with Gasteiger partial charge < -0.3 is 25.0 Å². The number of anilines is 1. The molecule has 5 aliphatic rings. The van der Waals surface area contributed by atoms with E-state index in [1.807, 2.05) is 24.3 Å². The molecule has 0 bridgehead atoms. The summed E-state index contributed by atoms with van der Waals surface area (Å²) < 4.78 is 46.6. The molecule has 4 fully saturated rings.